The van der Waals surface area contributed by atoms with Gasteiger partial charge in [0.25, 0.3) is 0 Å². The van der Waals surface area contributed by atoms with Crippen LogP contribution in [0.5, 0.6) is 0 Å². The second-order valence-electron chi connectivity index (χ2n) is 4.22. The number of hydrogen-bond acceptors (Lipinski definition) is 3. The normalized spacial score (nSPS) is 12.6. The van der Waals surface area contributed by atoms with E-state index in [1.165, 1.54) is 12.8 Å². The van der Waals surface area contributed by atoms with Crippen LogP contribution in [0.2, 0.25) is 5.15 Å². The van der Waals surface area contributed by atoms with Crippen molar-refractivity contribution in [3.8, 4) is 0 Å². The highest BCUT2D eigenvalue weighted by Crippen LogP contribution is 2.20. The third-order valence-electron chi connectivity index (χ3n) is 2.57. The minimum atomic E-state index is 0.420. The molecule has 0 radical (unpaired) electrons. The zero-order valence-corrected chi connectivity index (χ0v) is 11.2. The van der Waals surface area contributed by atoms with Crippen molar-refractivity contribution in [3.05, 3.63) is 16.5 Å². The fourth-order valence-corrected chi connectivity index (χ4v) is 1.76. The van der Waals surface area contributed by atoms with E-state index in [0.29, 0.717) is 17.0 Å². The molecule has 1 heterocycles. The van der Waals surface area contributed by atoms with Crippen LogP contribution in [-0.4, -0.2) is 16.0 Å². The quantitative estimate of drug-likeness (QED) is 0.799. The minimum absolute atomic E-state index is 0.420. The molecule has 1 N–H and O–H groups in total. The molecule has 1 rings (SSSR count). The van der Waals surface area contributed by atoms with Gasteiger partial charge in [0.15, 0.2) is 0 Å². The van der Waals surface area contributed by atoms with Crippen molar-refractivity contribution in [2.75, 3.05) is 5.32 Å². The number of unbranched alkanes of at least 4 members (excludes halogenated alkanes) is 1. The predicted molar refractivity (Wildman–Crippen MR) is 69.1 cm³/mol. The number of halogens is 1. The molecule has 0 bridgehead atoms. The van der Waals surface area contributed by atoms with Gasteiger partial charge in [-0.15, -0.1) is 0 Å². The number of nitrogens with zero attached hydrogens (tertiary/aromatic N) is 2. The first kappa shape index (κ1) is 13.2. The first-order valence-electron chi connectivity index (χ1n) is 5.81. The third kappa shape index (κ3) is 3.63. The summed E-state index contributed by atoms with van der Waals surface area (Å²) < 4.78 is 0. The highest BCUT2D eigenvalue weighted by atomic mass is 35.5. The fraction of sp³-hybridized carbons (Fsp3) is 0.667. The van der Waals surface area contributed by atoms with Crippen molar-refractivity contribution in [2.24, 2.45) is 0 Å². The number of nitrogens with one attached hydrogen (secondary N) is 1. The summed E-state index contributed by atoms with van der Waals surface area (Å²) >= 11 is 6.02. The fourth-order valence-electron chi connectivity index (χ4n) is 1.55. The molecular weight excluding hydrogens is 222 g/mol. The van der Waals surface area contributed by atoms with E-state index < -0.39 is 0 Å². The van der Waals surface area contributed by atoms with E-state index in [9.17, 15) is 0 Å². The third-order valence-corrected chi connectivity index (χ3v) is 2.94. The van der Waals surface area contributed by atoms with Gasteiger partial charge in [0, 0.05) is 11.6 Å². The second-order valence-corrected chi connectivity index (χ2v) is 4.58. The van der Waals surface area contributed by atoms with Gasteiger partial charge in [0.05, 0.1) is 0 Å². The smallest absolute Gasteiger partial charge is 0.137 e. The van der Waals surface area contributed by atoms with Crippen molar-refractivity contribution >= 4 is 17.4 Å². The van der Waals surface area contributed by atoms with Crippen molar-refractivity contribution in [1.82, 2.24) is 9.97 Å². The first-order chi connectivity index (χ1) is 7.54. The maximum Gasteiger partial charge on any atom is 0.137 e. The van der Waals surface area contributed by atoms with Gasteiger partial charge in [0.2, 0.25) is 0 Å². The Hall–Kier alpha value is -0.830. The molecule has 3 nitrogen and oxygen atoms in total. The van der Waals surface area contributed by atoms with Gasteiger partial charge in [-0.25, -0.2) is 9.97 Å². The Morgan fingerprint density at radius 1 is 1.31 bits per heavy atom. The average molecular weight is 242 g/mol. The molecular formula is C12H20ClN3. The maximum atomic E-state index is 6.02. The number of hydrogen-bond donors (Lipinski definition) is 1. The molecule has 1 atom stereocenters. The summed E-state index contributed by atoms with van der Waals surface area (Å²) in [6.07, 6.45) is 3.59. The Morgan fingerprint density at radius 2 is 2.00 bits per heavy atom. The van der Waals surface area contributed by atoms with Gasteiger partial charge in [-0.2, -0.15) is 0 Å². The molecule has 0 aliphatic heterocycles. The first-order valence-corrected chi connectivity index (χ1v) is 6.19. The standard InChI is InChI=1S/C12H20ClN3/c1-5-6-7-8(2)14-12-9(3)11(13)15-10(4)16-12/h8H,5-7H2,1-4H3,(H,14,15,16). The maximum absolute atomic E-state index is 6.02. The molecule has 0 spiro atoms. The Kier molecular flexibility index (Phi) is 5.00. The van der Waals surface area contributed by atoms with Gasteiger partial charge in [0.1, 0.15) is 16.8 Å². The summed E-state index contributed by atoms with van der Waals surface area (Å²) in [6, 6.07) is 0.420. The minimum Gasteiger partial charge on any atom is -0.367 e. The lowest BCUT2D eigenvalue weighted by Gasteiger charge is -2.16. The van der Waals surface area contributed by atoms with Gasteiger partial charge in [-0.05, 0) is 27.2 Å². The van der Waals surface area contributed by atoms with Crippen LogP contribution in [-0.2, 0) is 0 Å². The Bertz CT molecular complexity index is 352. The molecule has 0 aliphatic carbocycles. The van der Waals surface area contributed by atoms with E-state index in [2.05, 4.69) is 29.1 Å². The van der Waals surface area contributed by atoms with E-state index in [0.717, 1.165) is 17.8 Å². The van der Waals surface area contributed by atoms with E-state index in [1.807, 2.05) is 13.8 Å². The van der Waals surface area contributed by atoms with Crippen molar-refractivity contribution in [1.29, 1.82) is 0 Å². The highest BCUT2D eigenvalue weighted by Gasteiger charge is 2.09. The number of aromatic nitrogens is 2. The molecule has 4 heteroatoms. The summed E-state index contributed by atoms with van der Waals surface area (Å²) in [4.78, 5) is 8.49. The molecule has 90 valence electrons. The van der Waals surface area contributed by atoms with Crippen LogP contribution in [0.15, 0.2) is 0 Å². The van der Waals surface area contributed by atoms with Crippen LogP contribution < -0.4 is 5.32 Å². The van der Waals surface area contributed by atoms with Crippen LogP contribution in [0, 0.1) is 13.8 Å². The summed E-state index contributed by atoms with van der Waals surface area (Å²) in [5.41, 5.74) is 0.926. The second kappa shape index (κ2) is 6.04. The number of anilines is 1. The monoisotopic (exact) mass is 241 g/mol. The zero-order valence-electron chi connectivity index (χ0n) is 10.5. The molecule has 1 aromatic heterocycles. The van der Waals surface area contributed by atoms with E-state index in [1.54, 1.807) is 0 Å². The van der Waals surface area contributed by atoms with Gasteiger partial charge < -0.3 is 5.32 Å². The zero-order chi connectivity index (χ0) is 12.1. The van der Waals surface area contributed by atoms with Gasteiger partial charge in [-0.1, -0.05) is 31.4 Å². The predicted octanol–water partition coefficient (Wildman–Crippen LogP) is 3.74. The van der Waals surface area contributed by atoms with E-state index in [4.69, 9.17) is 11.6 Å². The van der Waals surface area contributed by atoms with Crippen molar-refractivity contribution in [3.63, 3.8) is 0 Å². The molecule has 1 unspecified atom stereocenters. The SMILES string of the molecule is CCCCC(C)Nc1nc(C)nc(Cl)c1C. The summed E-state index contributed by atoms with van der Waals surface area (Å²) in [7, 11) is 0. The van der Waals surface area contributed by atoms with Gasteiger partial charge in [-0.3, -0.25) is 0 Å². The van der Waals surface area contributed by atoms with Crippen molar-refractivity contribution in [2.45, 2.75) is 53.0 Å². The molecule has 0 saturated heterocycles. The Labute approximate surface area is 103 Å². The molecule has 0 aromatic carbocycles. The van der Waals surface area contributed by atoms with Crippen LogP contribution in [0.4, 0.5) is 5.82 Å². The molecule has 1 aromatic rings. The molecule has 16 heavy (non-hydrogen) atoms. The summed E-state index contributed by atoms with van der Waals surface area (Å²) in [5, 5.41) is 3.93. The Balaban J connectivity index is 2.72. The van der Waals surface area contributed by atoms with Gasteiger partial charge >= 0.3 is 0 Å². The van der Waals surface area contributed by atoms with Crippen LogP contribution in [0.3, 0.4) is 0 Å². The number of rotatable bonds is 5. The lowest BCUT2D eigenvalue weighted by molar-refractivity contribution is 0.642. The van der Waals surface area contributed by atoms with Crippen molar-refractivity contribution < 1.29 is 0 Å². The molecule has 0 aliphatic rings. The van der Waals surface area contributed by atoms with Crippen LogP contribution >= 0.6 is 11.6 Å². The highest BCUT2D eigenvalue weighted by molar-refractivity contribution is 6.30. The van der Waals surface area contributed by atoms with E-state index in [-0.39, 0.29) is 0 Å². The molecule has 0 saturated carbocycles. The lowest BCUT2D eigenvalue weighted by atomic mass is 10.1. The Morgan fingerprint density at radius 3 is 2.62 bits per heavy atom. The number of aryl methyl sites for hydroxylation is 1. The molecule has 0 fully saturated rings. The summed E-state index contributed by atoms with van der Waals surface area (Å²) in [5.74, 6) is 1.57. The average Bonchev–Trinajstić information content (AvgIpc) is 2.22. The van der Waals surface area contributed by atoms with E-state index >= 15 is 0 Å². The topological polar surface area (TPSA) is 37.8 Å². The van der Waals surface area contributed by atoms with Crippen LogP contribution in [0.25, 0.3) is 0 Å². The van der Waals surface area contributed by atoms with Crippen LogP contribution in [0.1, 0.15) is 44.5 Å². The lowest BCUT2D eigenvalue weighted by Crippen LogP contribution is -2.17. The molecule has 0 amide bonds. The summed E-state index contributed by atoms with van der Waals surface area (Å²) in [6.45, 7) is 8.16. The largest absolute Gasteiger partial charge is 0.367 e.